The Hall–Kier alpha value is -1.90. The van der Waals surface area contributed by atoms with Gasteiger partial charge < -0.3 is 0 Å². The Labute approximate surface area is 171 Å². The zero-order valence-electron chi connectivity index (χ0n) is 16.4. The second-order valence-corrected chi connectivity index (χ2v) is 8.01. The molecule has 0 N–H and O–H groups in total. The lowest BCUT2D eigenvalue weighted by atomic mass is 9.77. The summed E-state index contributed by atoms with van der Waals surface area (Å²) in [5.41, 5.74) is 1.94. The lowest BCUT2D eigenvalue weighted by molar-refractivity contribution is 0.303. The van der Waals surface area contributed by atoms with E-state index in [1.807, 2.05) is 24.3 Å². The number of unbranched alkanes of at least 4 members (excludes halogenated alkanes) is 2. The molecule has 0 unspecified atom stereocenters. The molecule has 0 atom stereocenters. The van der Waals surface area contributed by atoms with Gasteiger partial charge >= 0.3 is 0 Å². The van der Waals surface area contributed by atoms with E-state index in [0.29, 0.717) is 11.5 Å². The van der Waals surface area contributed by atoms with E-state index >= 15 is 0 Å². The summed E-state index contributed by atoms with van der Waals surface area (Å²) < 4.78 is 28.8. The predicted molar refractivity (Wildman–Crippen MR) is 115 cm³/mol. The lowest BCUT2D eigenvalue weighted by Gasteiger charge is -2.29. The zero-order chi connectivity index (χ0) is 19.9. The van der Waals surface area contributed by atoms with Crippen LogP contribution in [-0.4, -0.2) is 5.16 Å². The third-order valence-electron chi connectivity index (χ3n) is 5.94. The minimum Gasteiger partial charge on any atom is -0.206 e. The summed E-state index contributed by atoms with van der Waals surface area (Å²) in [6.07, 6.45) is 10.3. The van der Waals surface area contributed by atoms with Gasteiger partial charge in [-0.05, 0) is 60.9 Å². The number of isothiocyanates is 1. The highest BCUT2D eigenvalue weighted by atomic mass is 32.1. The van der Waals surface area contributed by atoms with Gasteiger partial charge in [0.25, 0.3) is 0 Å². The largest absolute Gasteiger partial charge is 0.206 e. The Morgan fingerprint density at radius 3 is 2.21 bits per heavy atom. The molecule has 1 nitrogen and oxygen atoms in total. The fraction of sp³-hybridized carbons (Fsp3) is 0.458. The van der Waals surface area contributed by atoms with Crippen molar-refractivity contribution in [2.24, 2.45) is 10.9 Å². The minimum atomic E-state index is -0.635. The second kappa shape index (κ2) is 10.0. The summed E-state index contributed by atoms with van der Waals surface area (Å²) in [6.45, 7) is 2.25. The van der Waals surface area contributed by atoms with Gasteiger partial charge in [-0.2, -0.15) is 4.99 Å². The highest BCUT2D eigenvalue weighted by Crippen LogP contribution is 2.38. The van der Waals surface area contributed by atoms with Crippen molar-refractivity contribution < 1.29 is 8.78 Å². The predicted octanol–water partition coefficient (Wildman–Crippen LogP) is 8.22. The van der Waals surface area contributed by atoms with Crippen molar-refractivity contribution in [3.63, 3.8) is 0 Å². The number of aliphatic imine (C=N–C) groups is 1. The lowest BCUT2D eigenvalue weighted by Crippen LogP contribution is -2.13. The number of benzene rings is 2. The molecule has 148 valence electrons. The molecule has 0 aliphatic heterocycles. The van der Waals surface area contributed by atoms with Crippen molar-refractivity contribution >= 4 is 23.1 Å². The van der Waals surface area contributed by atoms with Gasteiger partial charge in [-0.1, -0.05) is 56.9 Å². The zero-order valence-corrected chi connectivity index (χ0v) is 17.2. The van der Waals surface area contributed by atoms with Gasteiger partial charge in [0.15, 0.2) is 0 Å². The molecule has 0 saturated heterocycles. The van der Waals surface area contributed by atoms with Crippen LogP contribution in [0.2, 0.25) is 0 Å². The highest BCUT2D eigenvalue weighted by molar-refractivity contribution is 7.78. The van der Waals surface area contributed by atoms with Crippen molar-refractivity contribution in [1.29, 1.82) is 0 Å². The van der Waals surface area contributed by atoms with E-state index in [9.17, 15) is 8.78 Å². The van der Waals surface area contributed by atoms with Crippen LogP contribution in [0.15, 0.2) is 41.4 Å². The van der Waals surface area contributed by atoms with Crippen LogP contribution < -0.4 is 0 Å². The molecule has 3 rings (SSSR count). The number of hydrogen-bond donors (Lipinski definition) is 0. The van der Waals surface area contributed by atoms with Crippen molar-refractivity contribution in [3.8, 4) is 11.1 Å². The molecule has 2 aromatic rings. The molecular formula is C24H27F2NS. The Kier molecular flexibility index (Phi) is 7.47. The average molecular weight is 400 g/mol. The van der Waals surface area contributed by atoms with Crippen molar-refractivity contribution in [2.75, 3.05) is 0 Å². The van der Waals surface area contributed by atoms with E-state index < -0.39 is 11.6 Å². The van der Waals surface area contributed by atoms with Gasteiger partial charge in [-0.3, -0.25) is 0 Å². The molecular weight excluding hydrogens is 372 g/mol. The van der Waals surface area contributed by atoms with Crippen LogP contribution in [0, 0.1) is 17.6 Å². The summed E-state index contributed by atoms with van der Waals surface area (Å²) in [4.78, 5) is 3.65. The highest BCUT2D eigenvalue weighted by Gasteiger charge is 2.22. The summed E-state index contributed by atoms with van der Waals surface area (Å²) in [5, 5.41) is 2.13. The summed E-state index contributed by atoms with van der Waals surface area (Å²) >= 11 is 4.50. The average Bonchev–Trinajstić information content (AvgIpc) is 2.69. The van der Waals surface area contributed by atoms with Gasteiger partial charge in [-0.15, -0.1) is 0 Å². The Bertz CT molecular complexity index is 809. The molecule has 1 fully saturated rings. The maximum Gasteiger partial charge on any atom is 0.136 e. The maximum absolute atomic E-state index is 14.4. The third kappa shape index (κ3) is 5.12. The van der Waals surface area contributed by atoms with Crippen LogP contribution in [0.1, 0.15) is 69.8 Å². The molecule has 1 aliphatic rings. The molecule has 0 radical (unpaired) electrons. The molecule has 0 amide bonds. The number of halogens is 2. The summed E-state index contributed by atoms with van der Waals surface area (Å²) in [7, 11) is 0. The fourth-order valence-corrected chi connectivity index (χ4v) is 4.45. The van der Waals surface area contributed by atoms with Crippen LogP contribution in [0.25, 0.3) is 11.1 Å². The number of nitrogens with zero attached hydrogens (tertiary/aromatic N) is 1. The monoisotopic (exact) mass is 399 g/mol. The number of hydrogen-bond acceptors (Lipinski definition) is 2. The molecule has 0 spiro atoms. The number of thiocarbonyl (C=S) groups is 1. The molecule has 4 heteroatoms. The van der Waals surface area contributed by atoms with E-state index in [2.05, 4.69) is 29.3 Å². The smallest absolute Gasteiger partial charge is 0.136 e. The minimum absolute atomic E-state index is 0.0190. The van der Waals surface area contributed by atoms with Crippen LogP contribution in [-0.2, 0) is 0 Å². The Balaban J connectivity index is 1.67. The molecule has 1 saturated carbocycles. The molecule has 28 heavy (non-hydrogen) atoms. The first-order valence-corrected chi connectivity index (χ1v) is 10.7. The Morgan fingerprint density at radius 1 is 1.00 bits per heavy atom. The molecule has 0 aromatic heterocycles. The van der Waals surface area contributed by atoms with Crippen molar-refractivity contribution in [2.45, 2.75) is 64.2 Å². The first-order chi connectivity index (χ1) is 13.6. The van der Waals surface area contributed by atoms with Crippen LogP contribution in [0.4, 0.5) is 14.5 Å². The van der Waals surface area contributed by atoms with E-state index in [1.165, 1.54) is 69.1 Å². The van der Waals surface area contributed by atoms with Gasteiger partial charge in [0.05, 0.1) is 16.4 Å². The second-order valence-electron chi connectivity index (χ2n) is 7.82. The van der Waals surface area contributed by atoms with Crippen LogP contribution in [0.3, 0.4) is 0 Å². The summed E-state index contributed by atoms with van der Waals surface area (Å²) in [5.74, 6) is 0.165. The van der Waals surface area contributed by atoms with E-state index in [4.69, 9.17) is 0 Å². The SMILES string of the molecule is CCCCCC1CCC(c2ccc(-c3c(F)cc(N=C=S)cc3F)cc2)CC1. The topological polar surface area (TPSA) is 12.4 Å². The third-order valence-corrected chi connectivity index (χ3v) is 6.03. The maximum atomic E-state index is 14.4. The standard InChI is InChI=1S/C24H27F2NS/c1-2-3-4-5-17-6-8-18(9-7-17)19-10-12-20(13-11-19)24-22(25)14-21(27-16-28)15-23(24)26/h10-15,17-18H,2-9H2,1H3. The van der Waals surface area contributed by atoms with Crippen molar-refractivity contribution in [1.82, 2.24) is 0 Å². The number of rotatable bonds is 7. The summed E-state index contributed by atoms with van der Waals surface area (Å²) in [6, 6.07) is 10.1. The molecule has 1 aliphatic carbocycles. The molecule has 2 aromatic carbocycles. The normalized spacial score (nSPS) is 19.2. The van der Waals surface area contributed by atoms with Gasteiger partial charge in [0.2, 0.25) is 0 Å². The molecule has 0 heterocycles. The molecule has 0 bridgehead atoms. The quantitative estimate of drug-likeness (QED) is 0.259. The van der Waals surface area contributed by atoms with Gasteiger partial charge in [0.1, 0.15) is 11.6 Å². The van der Waals surface area contributed by atoms with Crippen molar-refractivity contribution in [3.05, 3.63) is 53.6 Å². The van der Waals surface area contributed by atoms with E-state index in [0.717, 1.165) is 5.92 Å². The van der Waals surface area contributed by atoms with Crippen LogP contribution >= 0.6 is 12.2 Å². The van der Waals surface area contributed by atoms with E-state index in [1.54, 1.807) is 0 Å². The Morgan fingerprint density at radius 2 is 1.64 bits per heavy atom. The van der Waals surface area contributed by atoms with Gasteiger partial charge in [0, 0.05) is 12.1 Å². The van der Waals surface area contributed by atoms with Gasteiger partial charge in [-0.25, -0.2) is 8.78 Å². The first kappa shape index (κ1) is 20.8. The van der Waals surface area contributed by atoms with Crippen LogP contribution in [0.5, 0.6) is 0 Å². The van der Waals surface area contributed by atoms with E-state index in [-0.39, 0.29) is 11.3 Å². The first-order valence-electron chi connectivity index (χ1n) is 10.3. The fourth-order valence-electron chi connectivity index (χ4n) is 4.34.